The van der Waals surface area contributed by atoms with Crippen molar-refractivity contribution in [2.24, 2.45) is 11.8 Å². The van der Waals surface area contributed by atoms with Crippen molar-refractivity contribution in [1.29, 1.82) is 0 Å². The number of nitrogens with zero attached hydrogens (tertiary/aromatic N) is 7. The molecule has 3 saturated heterocycles. The standard InChI is InChI=1S/C26H23F4N8O2/c27-20-18(1-3-31-23(20)26(28,29)30)25(39)37-6-15-11-40-12-16(7-37)22(15)36-9-17(10-36)38-8-14(5-35-38)21-19-2-4-32-24(19)34-13-33-21/h1-5,8,13,15-16,22H,6-7,9-12H2,(H,32,33,34). The van der Waals surface area contributed by atoms with Crippen LogP contribution in [0.4, 0.5) is 17.6 Å². The van der Waals surface area contributed by atoms with Crippen LogP contribution in [-0.2, 0) is 10.9 Å². The van der Waals surface area contributed by atoms with E-state index < -0.39 is 29.2 Å². The SMILES string of the molecule is O=C(c1ccnc(C(F)(F)F)c1F)N1CC2COCC(C1)C2N1C[C](n2cc(-c3ncnc4[nH]ccc34)cn2)C1. The number of likely N-dealkylation sites (tertiary alicyclic amines) is 2. The van der Waals surface area contributed by atoms with Crippen LogP contribution in [-0.4, -0.2) is 90.9 Å². The van der Waals surface area contributed by atoms with E-state index in [1.54, 1.807) is 6.20 Å². The topological polar surface area (TPSA) is 105 Å². The molecule has 3 aliphatic heterocycles. The lowest BCUT2D eigenvalue weighted by Crippen LogP contribution is -2.66. The van der Waals surface area contributed by atoms with Crippen LogP contribution in [0.15, 0.2) is 43.2 Å². The van der Waals surface area contributed by atoms with Gasteiger partial charge in [-0.2, -0.15) is 18.3 Å². The first-order valence-corrected chi connectivity index (χ1v) is 12.8. The average Bonchev–Trinajstić information content (AvgIpc) is 3.57. The van der Waals surface area contributed by atoms with Gasteiger partial charge in [0.05, 0.1) is 30.7 Å². The molecule has 7 rings (SSSR count). The van der Waals surface area contributed by atoms with Gasteiger partial charge in [-0.1, -0.05) is 0 Å². The molecule has 1 radical (unpaired) electrons. The number of fused-ring (bicyclic) bond motifs is 3. The van der Waals surface area contributed by atoms with Gasteiger partial charge in [0.1, 0.15) is 18.0 Å². The summed E-state index contributed by atoms with van der Waals surface area (Å²) in [5.41, 5.74) is 0.137. The van der Waals surface area contributed by atoms with E-state index in [4.69, 9.17) is 4.74 Å². The first-order chi connectivity index (χ1) is 19.3. The normalized spacial score (nSPS) is 23.9. The van der Waals surface area contributed by atoms with Crippen molar-refractivity contribution in [1.82, 2.24) is 39.5 Å². The number of piperidine rings is 1. The summed E-state index contributed by atoms with van der Waals surface area (Å²) in [6.45, 7) is 2.72. The number of carbonyl (C=O) groups excluding carboxylic acids is 1. The minimum absolute atomic E-state index is 0.0546. The average molecular weight is 556 g/mol. The van der Waals surface area contributed by atoms with E-state index >= 15 is 0 Å². The maximum Gasteiger partial charge on any atom is 0.436 e. The van der Waals surface area contributed by atoms with Gasteiger partial charge < -0.3 is 14.6 Å². The Morgan fingerprint density at radius 2 is 1.85 bits per heavy atom. The monoisotopic (exact) mass is 555 g/mol. The second-order valence-corrected chi connectivity index (χ2v) is 10.4. The Hall–Kier alpha value is -3.91. The summed E-state index contributed by atoms with van der Waals surface area (Å²) in [5.74, 6) is -2.51. The number of aromatic amines is 1. The third-order valence-corrected chi connectivity index (χ3v) is 7.94. The molecule has 1 N–H and O–H groups in total. The number of aromatic nitrogens is 6. The maximum absolute atomic E-state index is 14.6. The molecule has 4 aromatic heterocycles. The molecular weight excluding hydrogens is 532 g/mol. The van der Waals surface area contributed by atoms with E-state index in [1.165, 1.54) is 11.2 Å². The predicted molar refractivity (Wildman–Crippen MR) is 132 cm³/mol. The molecule has 207 valence electrons. The van der Waals surface area contributed by atoms with Crippen molar-refractivity contribution >= 4 is 16.9 Å². The predicted octanol–water partition coefficient (Wildman–Crippen LogP) is 2.86. The highest BCUT2D eigenvalue weighted by atomic mass is 19.4. The molecule has 14 heteroatoms. The zero-order chi connectivity index (χ0) is 27.6. The van der Waals surface area contributed by atoms with Crippen molar-refractivity contribution in [3.8, 4) is 11.3 Å². The number of ether oxygens (including phenoxy) is 1. The summed E-state index contributed by atoms with van der Waals surface area (Å²) < 4.78 is 61.7. The van der Waals surface area contributed by atoms with Crippen LogP contribution in [0.5, 0.6) is 0 Å². The van der Waals surface area contributed by atoms with E-state index in [1.807, 2.05) is 23.1 Å². The number of hydrogen-bond acceptors (Lipinski definition) is 7. The molecule has 2 unspecified atom stereocenters. The second-order valence-electron chi connectivity index (χ2n) is 10.4. The first-order valence-electron chi connectivity index (χ1n) is 12.8. The van der Waals surface area contributed by atoms with Crippen LogP contribution in [0, 0.1) is 23.7 Å². The van der Waals surface area contributed by atoms with E-state index in [-0.39, 0.29) is 31.0 Å². The summed E-state index contributed by atoms with van der Waals surface area (Å²) in [6.07, 6.45) is 2.89. The van der Waals surface area contributed by atoms with Gasteiger partial charge in [0.15, 0.2) is 11.5 Å². The zero-order valence-electron chi connectivity index (χ0n) is 21.0. The number of rotatable bonds is 4. The molecule has 4 aromatic rings. The van der Waals surface area contributed by atoms with E-state index in [9.17, 15) is 22.4 Å². The summed E-state index contributed by atoms with van der Waals surface area (Å²) >= 11 is 0. The summed E-state index contributed by atoms with van der Waals surface area (Å²) in [6, 6.07) is 4.17. The highest BCUT2D eigenvalue weighted by Gasteiger charge is 2.49. The van der Waals surface area contributed by atoms with Gasteiger partial charge in [-0.25, -0.2) is 19.3 Å². The van der Waals surface area contributed by atoms with Gasteiger partial charge >= 0.3 is 6.18 Å². The van der Waals surface area contributed by atoms with Crippen molar-refractivity contribution in [3.63, 3.8) is 0 Å². The number of H-pyrrole nitrogens is 1. The van der Waals surface area contributed by atoms with Gasteiger partial charge in [-0.15, -0.1) is 0 Å². The van der Waals surface area contributed by atoms with Gasteiger partial charge in [0.2, 0.25) is 0 Å². The largest absolute Gasteiger partial charge is 0.436 e. The van der Waals surface area contributed by atoms with Crippen LogP contribution in [0.2, 0.25) is 0 Å². The van der Waals surface area contributed by atoms with Crippen molar-refractivity contribution in [2.45, 2.75) is 12.2 Å². The van der Waals surface area contributed by atoms with Gasteiger partial charge in [0.25, 0.3) is 5.91 Å². The number of nitrogens with one attached hydrogen (secondary N) is 1. The number of halogens is 4. The second kappa shape index (κ2) is 9.34. The minimum Gasteiger partial charge on any atom is -0.381 e. The van der Waals surface area contributed by atoms with Gasteiger partial charge in [-0.3, -0.25) is 14.4 Å². The van der Waals surface area contributed by atoms with Gasteiger partial charge in [0, 0.05) is 73.6 Å². The molecule has 0 aromatic carbocycles. The van der Waals surface area contributed by atoms with Crippen LogP contribution in [0.1, 0.15) is 16.1 Å². The summed E-state index contributed by atoms with van der Waals surface area (Å²) in [7, 11) is 0. The summed E-state index contributed by atoms with van der Waals surface area (Å²) in [4.78, 5) is 31.7. The van der Waals surface area contributed by atoms with Crippen LogP contribution in [0.25, 0.3) is 22.3 Å². The number of alkyl halides is 3. The van der Waals surface area contributed by atoms with Crippen molar-refractivity contribution in [2.75, 3.05) is 39.4 Å². The van der Waals surface area contributed by atoms with Crippen LogP contribution >= 0.6 is 0 Å². The Morgan fingerprint density at radius 3 is 2.60 bits per heavy atom. The Kier molecular flexibility index (Phi) is 5.85. The Balaban J connectivity index is 1.04. The molecule has 0 aliphatic carbocycles. The molecular formula is C26H23F4N8O2. The van der Waals surface area contributed by atoms with E-state index in [0.717, 1.165) is 40.6 Å². The lowest BCUT2D eigenvalue weighted by Gasteiger charge is -2.55. The highest BCUT2D eigenvalue weighted by Crippen LogP contribution is 2.38. The number of amides is 1. The summed E-state index contributed by atoms with van der Waals surface area (Å²) in [5, 5.41) is 5.46. The fourth-order valence-electron chi connectivity index (χ4n) is 6.15. The highest BCUT2D eigenvalue weighted by molar-refractivity contribution is 5.94. The minimum atomic E-state index is -4.98. The van der Waals surface area contributed by atoms with E-state index in [0.29, 0.717) is 26.3 Å². The number of hydrogen-bond donors (Lipinski definition) is 1. The van der Waals surface area contributed by atoms with Gasteiger partial charge in [-0.05, 0) is 12.1 Å². The van der Waals surface area contributed by atoms with Crippen molar-refractivity contribution < 1.29 is 27.1 Å². The molecule has 1 amide bonds. The molecule has 0 saturated carbocycles. The number of pyridine rings is 1. The lowest BCUT2D eigenvalue weighted by atomic mass is 9.79. The number of carbonyl (C=O) groups is 1. The molecule has 3 fully saturated rings. The quantitative estimate of drug-likeness (QED) is 0.386. The maximum atomic E-state index is 14.6. The molecule has 7 heterocycles. The fraction of sp³-hybridized carbons (Fsp3) is 0.385. The lowest BCUT2D eigenvalue weighted by molar-refractivity contribution is -0.143. The Bertz CT molecular complexity index is 1570. The molecule has 0 spiro atoms. The Morgan fingerprint density at radius 1 is 1.07 bits per heavy atom. The van der Waals surface area contributed by atoms with Crippen LogP contribution in [0.3, 0.4) is 0 Å². The molecule has 2 bridgehead atoms. The third-order valence-electron chi connectivity index (χ3n) is 7.94. The van der Waals surface area contributed by atoms with Crippen LogP contribution < -0.4 is 0 Å². The fourth-order valence-corrected chi connectivity index (χ4v) is 6.15. The molecule has 2 atom stereocenters. The smallest absolute Gasteiger partial charge is 0.381 e. The van der Waals surface area contributed by atoms with Crippen molar-refractivity contribution in [3.05, 3.63) is 66.4 Å². The molecule has 40 heavy (non-hydrogen) atoms. The molecule has 3 aliphatic rings. The Labute approximate surface area is 225 Å². The third kappa shape index (κ3) is 4.13. The zero-order valence-corrected chi connectivity index (χ0v) is 21.0. The first kappa shape index (κ1) is 25.1. The molecule has 10 nitrogen and oxygen atoms in total. The van der Waals surface area contributed by atoms with E-state index in [2.05, 4.69) is 29.9 Å².